The van der Waals surface area contributed by atoms with Crippen LogP contribution in [0.1, 0.15) is 64.7 Å². The zero-order valence-corrected chi connectivity index (χ0v) is 19.5. The van der Waals surface area contributed by atoms with Gasteiger partial charge in [0.15, 0.2) is 5.96 Å². The molecule has 0 atom stereocenters. The van der Waals surface area contributed by atoms with Gasteiger partial charge in [-0.05, 0) is 52.6 Å². The van der Waals surface area contributed by atoms with Crippen LogP contribution in [-0.4, -0.2) is 63.3 Å². The van der Waals surface area contributed by atoms with Gasteiger partial charge in [-0.2, -0.15) is 0 Å². The highest BCUT2D eigenvalue weighted by Gasteiger charge is 2.34. The molecule has 1 aliphatic carbocycles. The fraction of sp³-hybridized carbons (Fsp3) is 0.950. The molecule has 0 bridgehead atoms. The molecule has 0 aromatic rings. The summed E-state index contributed by atoms with van der Waals surface area (Å²) < 4.78 is 5.56. The second-order valence-electron chi connectivity index (χ2n) is 8.00. The average Bonchev–Trinajstić information content (AvgIpc) is 2.64. The fourth-order valence-corrected chi connectivity index (χ4v) is 4.14. The standard InChI is InChI=1S/C20H40N4O.HI/c1-4-21-19(22-14-8-11-18-9-6-5-7-10-18)23-17-20(24(2)3)12-15-25-16-13-20;/h18H,4-17H2,1-3H3,(H2,21,22,23);1H. The lowest BCUT2D eigenvalue weighted by Crippen LogP contribution is -2.51. The Balaban J connectivity index is 0.00000338. The molecule has 0 amide bonds. The minimum Gasteiger partial charge on any atom is -0.381 e. The second kappa shape index (κ2) is 13.2. The van der Waals surface area contributed by atoms with E-state index in [-0.39, 0.29) is 29.5 Å². The van der Waals surface area contributed by atoms with E-state index in [4.69, 9.17) is 9.73 Å². The van der Waals surface area contributed by atoms with Gasteiger partial charge in [0, 0.05) is 31.8 Å². The molecule has 5 nitrogen and oxygen atoms in total. The van der Waals surface area contributed by atoms with Crippen LogP contribution in [0.2, 0.25) is 0 Å². The molecule has 2 fully saturated rings. The van der Waals surface area contributed by atoms with Crippen molar-refractivity contribution in [2.75, 3.05) is 46.9 Å². The van der Waals surface area contributed by atoms with E-state index in [1.54, 1.807) is 0 Å². The number of nitrogens with one attached hydrogen (secondary N) is 2. The first-order chi connectivity index (χ1) is 12.2. The van der Waals surface area contributed by atoms with Gasteiger partial charge in [0.1, 0.15) is 0 Å². The van der Waals surface area contributed by atoms with Crippen LogP contribution < -0.4 is 10.6 Å². The molecule has 0 radical (unpaired) electrons. The molecule has 26 heavy (non-hydrogen) atoms. The van der Waals surface area contributed by atoms with Crippen molar-refractivity contribution in [1.82, 2.24) is 15.5 Å². The van der Waals surface area contributed by atoms with E-state index in [1.165, 1.54) is 44.9 Å². The Morgan fingerprint density at radius 3 is 2.42 bits per heavy atom. The number of ether oxygens (including phenoxy) is 1. The molecule has 0 spiro atoms. The molecule has 1 saturated carbocycles. The lowest BCUT2D eigenvalue weighted by atomic mass is 9.86. The van der Waals surface area contributed by atoms with E-state index >= 15 is 0 Å². The molecule has 0 unspecified atom stereocenters. The third-order valence-corrected chi connectivity index (χ3v) is 6.05. The highest BCUT2D eigenvalue weighted by atomic mass is 127. The zero-order valence-electron chi connectivity index (χ0n) is 17.2. The first-order valence-electron chi connectivity index (χ1n) is 10.4. The molecule has 0 aromatic heterocycles. The maximum Gasteiger partial charge on any atom is 0.191 e. The van der Waals surface area contributed by atoms with Gasteiger partial charge >= 0.3 is 0 Å². The summed E-state index contributed by atoms with van der Waals surface area (Å²) in [5.74, 6) is 1.94. The molecule has 2 aliphatic rings. The first kappa shape index (κ1) is 24.0. The monoisotopic (exact) mass is 480 g/mol. The normalized spacial score (nSPS) is 21.3. The predicted molar refractivity (Wildman–Crippen MR) is 122 cm³/mol. The maximum absolute atomic E-state index is 5.56. The van der Waals surface area contributed by atoms with Crippen LogP contribution in [0.3, 0.4) is 0 Å². The van der Waals surface area contributed by atoms with E-state index < -0.39 is 0 Å². The molecule has 1 heterocycles. The summed E-state index contributed by atoms with van der Waals surface area (Å²) in [7, 11) is 4.34. The molecular weight excluding hydrogens is 439 g/mol. The quantitative estimate of drug-likeness (QED) is 0.241. The number of aliphatic imine (C=N–C) groups is 1. The van der Waals surface area contributed by atoms with Gasteiger partial charge in [-0.3, -0.25) is 4.99 Å². The average molecular weight is 480 g/mol. The molecule has 154 valence electrons. The molecule has 2 N–H and O–H groups in total. The van der Waals surface area contributed by atoms with Crippen LogP contribution in [0.25, 0.3) is 0 Å². The van der Waals surface area contributed by atoms with Gasteiger partial charge < -0.3 is 20.3 Å². The van der Waals surface area contributed by atoms with E-state index in [9.17, 15) is 0 Å². The van der Waals surface area contributed by atoms with Crippen molar-refractivity contribution in [3.05, 3.63) is 0 Å². The molecular formula is C20H41IN4O. The van der Waals surface area contributed by atoms with Crippen molar-refractivity contribution in [3.63, 3.8) is 0 Å². The minimum absolute atomic E-state index is 0. The largest absolute Gasteiger partial charge is 0.381 e. The molecule has 2 rings (SSSR count). The fourth-order valence-electron chi connectivity index (χ4n) is 4.14. The molecule has 1 saturated heterocycles. The van der Waals surface area contributed by atoms with Crippen LogP contribution in [0.15, 0.2) is 4.99 Å². The van der Waals surface area contributed by atoms with Crippen molar-refractivity contribution < 1.29 is 4.74 Å². The third-order valence-electron chi connectivity index (χ3n) is 6.05. The smallest absolute Gasteiger partial charge is 0.191 e. The summed E-state index contributed by atoms with van der Waals surface area (Å²) in [5, 5.41) is 6.95. The second-order valence-corrected chi connectivity index (χ2v) is 8.00. The van der Waals surface area contributed by atoms with E-state index in [0.717, 1.165) is 57.6 Å². The van der Waals surface area contributed by atoms with Gasteiger partial charge in [-0.25, -0.2) is 0 Å². The lowest BCUT2D eigenvalue weighted by molar-refractivity contribution is -0.00254. The van der Waals surface area contributed by atoms with Crippen molar-refractivity contribution in [1.29, 1.82) is 0 Å². The van der Waals surface area contributed by atoms with Crippen molar-refractivity contribution in [2.45, 2.75) is 70.3 Å². The Bertz CT molecular complexity index is 391. The molecule has 6 heteroatoms. The van der Waals surface area contributed by atoms with Crippen LogP contribution in [-0.2, 0) is 4.74 Å². The van der Waals surface area contributed by atoms with Gasteiger partial charge in [0.25, 0.3) is 0 Å². The van der Waals surface area contributed by atoms with Crippen LogP contribution in [0.4, 0.5) is 0 Å². The SMILES string of the molecule is CCNC(=NCC1(N(C)C)CCOCC1)NCCCC1CCCCC1.I. The molecule has 0 aromatic carbocycles. The lowest BCUT2D eigenvalue weighted by Gasteiger charge is -2.41. The number of guanidine groups is 1. The minimum atomic E-state index is 0. The van der Waals surface area contributed by atoms with Crippen molar-refractivity contribution >= 4 is 29.9 Å². The van der Waals surface area contributed by atoms with E-state index in [0.29, 0.717) is 0 Å². The number of likely N-dealkylation sites (N-methyl/N-ethyl adjacent to an activating group) is 1. The highest BCUT2D eigenvalue weighted by molar-refractivity contribution is 14.0. The third kappa shape index (κ3) is 7.89. The Kier molecular flexibility index (Phi) is 12.1. The number of hydrogen-bond donors (Lipinski definition) is 2. The van der Waals surface area contributed by atoms with Crippen LogP contribution in [0.5, 0.6) is 0 Å². The first-order valence-corrected chi connectivity index (χ1v) is 10.4. The maximum atomic E-state index is 5.56. The van der Waals surface area contributed by atoms with Gasteiger partial charge in [-0.1, -0.05) is 32.1 Å². The summed E-state index contributed by atoms with van der Waals surface area (Å²) in [5.41, 5.74) is 0.142. The van der Waals surface area contributed by atoms with E-state index in [1.807, 2.05) is 0 Å². The number of hydrogen-bond acceptors (Lipinski definition) is 3. The predicted octanol–water partition coefficient (Wildman–Crippen LogP) is 3.63. The summed E-state index contributed by atoms with van der Waals surface area (Å²) in [6, 6.07) is 0. The summed E-state index contributed by atoms with van der Waals surface area (Å²) >= 11 is 0. The van der Waals surface area contributed by atoms with Crippen LogP contribution >= 0.6 is 24.0 Å². The number of nitrogens with zero attached hydrogens (tertiary/aromatic N) is 2. The summed E-state index contributed by atoms with van der Waals surface area (Å²) in [4.78, 5) is 7.25. The van der Waals surface area contributed by atoms with Gasteiger partial charge in [0.2, 0.25) is 0 Å². The molecule has 1 aliphatic heterocycles. The number of halogens is 1. The van der Waals surface area contributed by atoms with E-state index in [2.05, 4.69) is 36.6 Å². The van der Waals surface area contributed by atoms with Crippen molar-refractivity contribution in [3.8, 4) is 0 Å². The Morgan fingerprint density at radius 1 is 1.12 bits per heavy atom. The summed E-state index contributed by atoms with van der Waals surface area (Å²) in [6.45, 7) is 6.60. The number of rotatable bonds is 8. The highest BCUT2D eigenvalue weighted by Crippen LogP contribution is 2.27. The zero-order chi connectivity index (χ0) is 18.0. The summed E-state index contributed by atoms with van der Waals surface area (Å²) in [6.07, 6.45) is 12.0. The Morgan fingerprint density at radius 2 is 1.81 bits per heavy atom. The van der Waals surface area contributed by atoms with Gasteiger partial charge in [-0.15, -0.1) is 24.0 Å². The van der Waals surface area contributed by atoms with Gasteiger partial charge in [0.05, 0.1) is 6.54 Å². The topological polar surface area (TPSA) is 48.9 Å². The van der Waals surface area contributed by atoms with Crippen molar-refractivity contribution in [2.24, 2.45) is 10.9 Å². The Labute approximate surface area is 178 Å². The Hall–Kier alpha value is -0.0800. The van der Waals surface area contributed by atoms with Crippen LogP contribution in [0, 0.1) is 5.92 Å².